The number of ether oxygens (including phenoxy) is 1. The highest BCUT2D eigenvalue weighted by Gasteiger charge is 2.11. The number of anilines is 1. The first-order valence-corrected chi connectivity index (χ1v) is 7.04. The fraction of sp³-hybridized carbons (Fsp3) is 0.235. The molecule has 0 aliphatic heterocycles. The Morgan fingerprint density at radius 3 is 2.29 bits per heavy atom. The van der Waals surface area contributed by atoms with Crippen molar-refractivity contribution in [2.24, 2.45) is 0 Å². The van der Waals surface area contributed by atoms with Crippen LogP contribution in [-0.4, -0.2) is 5.97 Å². The van der Waals surface area contributed by atoms with E-state index in [1.165, 1.54) is 5.56 Å². The Kier molecular flexibility index (Phi) is 4.53. The van der Waals surface area contributed by atoms with Crippen molar-refractivity contribution in [3.63, 3.8) is 0 Å². The summed E-state index contributed by atoms with van der Waals surface area (Å²) in [6.45, 7) is 6.31. The zero-order valence-corrected chi connectivity index (χ0v) is 13.1. The van der Waals surface area contributed by atoms with Crippen molar-refractivity contribution < 1.29 is 9.53 Å². The number of halogens is 1. The van der Waals surface area contributed by atoms with Crippen LogP contribution in [0.15, 0.2) is 30.3 Å². The summed E-state index contributed by atoms with van der Waals surface area (Å²) < 4.78 is 5.37. The average Bonchev–Trinajstić information content (AvgIpc) is 2.35. The maximum atomic E-state index is 12.1. The molecule has 0 heterocycles. The summed E-state index contributed by atoms with van der Waals surface area (Å²) in [5.41, 5.74) is 10.9. The molecule has 21 heavy (non-hydrogen) atoms. The van der Waals surface area contributed by atoms with Gasteiger partial charge >= 0.3 is 5.97 Å². The molecule has 0 fully saturated rings. The van der Waals surface area contributed by atoms with Gasteiger partial charge in [0, 0.05) is 10.7 Å². The van der Waals surface area contributed by atoms with Crippen LogP contribution in [0.4, 0.5) is 5.69 Å². The van der Waals surface area contributed by atoms with Crippen molar-refractivity contribution in [2.45, 2.75) is 27.4 Å². The van der Waals surface area contributed by atoms with Gasteiger partial charge in [0.1, 0.15) is 6.61 Å². The molecular weight excluding hydrogens is 286 g/mol. The number of hydrogen-bond donors (Lipinski definition) is 1. The van der Waals surface area contributed by atoms with E-state index in [-0.39, 0.29) is 6.61 Å². The lowest BCUT2D eigenvalue weighted by Crippen LogP contribution is -2.08. The number of aryl methyl sites for hydroxylation is 3. The molecule has 0 spiro atoms. The normalized spacial score (nSPS) is 10.5. The van der Waals surface area contributed by atoms with Gasteiger partial charge in [0.2, 0.25) is 0 Å². The molecule has 0 bridgehead atoms. The summed E-state index contributed by atoms with van der Waals surface area (Å²) in [4.78, 5) is 12.1. The van der Waals surface area contributed by atoms with Gasteiger partial charge in [-0.15, -0.1) is 0 Å². The van der Waals surface area contributed by atoms with Gasteiger partial charge in [0.05, 0.1) is 5.56 Å². The van der Waals surface area contributed by atoms with Gasteiger partial charge in [-0.3, -0.25) is 0 Å². The van der Waals surface area contributed by atoms with Crippen LogP contribution in [0.1, 0.15) is 32.6 Å². The largest absolute Gasteiger partial charge is 0.457 e. The second kappa shape index (κ2) is 6.19. The van der Waals surface area contributed by atoms with Gasteiger partial charge in [-0.2, -0.15) is 0 Å². The molecule has 0 saturated carbocycles. The Morgan fingerprint density at radius 2 is 1.71 bits per heavy atom. The van der Waals surface area contributed by atoms with Crippen molar-refractivity contribution in [1.29, 1.82) is 0 Å². The molecule has 3 nitrogen and oxygen atoms in total. The smallest absolute Gasteiger partial charge is 0.338 e. The number of hydrogen-bond acceptors (Lipinski definition) is 3. The molecule has 2 aromatic carbocycles. The number of carbonyl (C=O) groups excluding carboxylic acids is 1. The monoisotopic (exact) mass is 303 g/mol. The first-order chi connectivity index (χ1) is 9.86. The topological polar surface area (TPSA) is 52.3 Å². The maximum absolute atomic E-state index is 12.1. The van der Waals surface area contributed by atoms with Crippen LogP contribution >= 0.6 is 11.6 Å². The van der Waals surface area contributed by atoms with Crippen molar-refractivity contribution in [1.82, 2.24) is 0 Å². The fourth-order valence-electron chi connectivity index (χ4n) is 2.39. The minimum Gasteiger partial charge on any atom is -0.457 e. The number of rotatable bonds is 3. The van der Waals surface area contributed by atoms with Crippen LogP contribution in [-0.2, 0) is 11.3 Å². The van der Waals surface area contributed by atoms with Gasteiger partial charge in [-0.1, -0.05) is 29.3 Å². The summed E-state index contributed by atoms with van der Waals surface area (Å²) in [5.74, 6) is -0.427. The van der Waals surface area contributed by atoms with Gasteiger partial charge in [-0.05, 0) is 55.7 Å². The maximum Gasteiger partial charge on any atom is 0.338 e. The summed E-state index contributed by atoms with van der Waals surface area (Å²) in [5, 5.41) is 0.421. The standard InChI is InChI=1S/C17H18ClNO2/c1-10-4-11(2)16(12(3)5-10)9-21-17(20)13-6-14(18)8-15(19)7-13/h4-8H,9,19H2,1-3H3. The minimum atomic E-state index is -0.427. The first kappa shape index (κ1) is 15.4. The van der Waals surface area contributed by atoms with Crippen molar-refractivity contribution >= 4 is 23.3 Å². The molecular formula is C17H18ClNO2. The summed E-state index contributed by atoms with van der Waals surface area (Å²) >= 11 is 5.89. The molecule has 2 N–H and O–H groups in total. The highest BCUT2D eigenvalue weighted by Crippen LogP contribution is 2.20. The van der Waals surface area contributed by atoms with E-state index in [2.05, 4.69) is 12.1 Å². The molecule has 2 aromatic rings. The van der Waals surface area contributed by atoms with Gasteiger partial charge < -0.3 is 10.5 Å². The highest BCUT2D eigenvalue weighted by molar-refractivity contribution is 6.31. The van der Waals surface area contributed by atoms with Crippen molar-refractivity contribution in [3.05, 3.63) is 63.2 Å². The molecule has 0 aromatic heterocycles. The fourth-order valence-corrected chi connectivity index (χ4v) is 2.63. The molecule has 110 valence electrons. The van der Waals surface area contributed by atoms with E-state index in [4.69, 9.17) is 22.1 Å². The summed E-state index contributed by atoms with van der Waals surface area (Å²) in [6.07, 6.45) is 0. The third-order valence-corrected chi connectivity index (χ3v) is 3.56. The Balaban J connectivity index is 2.15. The van der Waals surface area contributed by atoms with Crippen LogP contribution in [0.5, 0.6) is 0 Å². The van der Waals surface area contributed by atoms with E-state index in [9.17, 15) is 4.79 Å². The molecule has 0 saturated heterocycles. The average molecular weight is 304 g/mol. The number of nitrogen functional groups attached to an aromatic ring is 1. The lowest BCUT2D eigenvalue weighted by Gasteiger charge is -2.12. The van der Waals surface area contributed by atoms with E-state index in [0.29, 0.717) is 16.3 Å². The number of nitrogens with two attached hydrogens (primary N) is 1. The van der Waals surface area contributed by atoms with E-state index >= 15 is 0 Å². The highest BCUT2D eigenvalue weighted by atomic mass is 35.5. The van der Waals surface area contributed by atoms with Crippen molar-refractivity contribution in [3.8, 4) is 0 Å². The van der Waals surface area contributed by atoms with Crippen LogP contribution in [0.2, 0.25) is 5.02 Å². The van der Waals surface area contributed by atoms with Crippen LogP contribution in [0.25, 0.3) is 0 Å². The summed E-state index contributed by atoms with van der Waals surface area (Å²) in [7, 11) is 0. The van der Waals surface area contributed by atoms with E-state index in [0.717, 1.165) is 16.7 Å². The minimum absolute atomic E-state index is 0.239. The molecule has 4 heteroatoms. The number of carbonyl (C=O) groups is 1. The predicted molar refractivity (Wildman–Crippen MR) is 85.6 cm³/mol. The quantitative estimate of drug-likeness (QED) is 0.683. The van der Waals surface area contributed by atoms with Gasteiger partial charge in [-0.25, -0.2) is 4.79 Å². The second-order valence-electron chi connectivity index (χ2n) is 5.23. The van der Waals surface area contributed by atoms with Crippen LogP contribution in [0.3, 0.4) is 0 Å². The molecule has 0 aliphatic carbocycles. The molecule has 0 amide bonds. The molecule has 0 radical (unpaired) electrons. The lowest BCUT2D eigenvalue weighted by molar-refractivity contribution is 0.0471. The third-order valence-electron chi connectivity index (χ3n) is 3.34. The Hall–Kier alpha value is -2.00. The zero-order valence-electron chi connectivity index (χ0n) is 12.4. The van der Waals surface area contributed by atoms with Gasteiger partial charge in [0.25, 0.3) is 0 Å². The van der Waals surface area contributed by atoms with E-state index in [1.54, 1.807) is 18.2 Å². The molecule has 2 rings (SSSR count). The second-order valence-corrected chi connectivity index (χ2v) is 5.66. The Morgan fingerprint density at radius 1 is 1.10 bits per heavy atom. The third kappa shape index (κ3) is 3.76. The van der Waals surface area contributed by atoms with E-state index < -0.39 is 5.97 Å². The lowest BCUT2D eigenvalue weighted by atomic mass is 10.0. The molecule has 0 aliphatic rings. The van der Waals surface area contributed by atoms with Gasteiger partial charge in [0.15, 0.2) is 0 Å². The van der Waals surface area contributed by atoms with Crippen molar-refractivity contribution in [2.75, 3.05) is 5.73 Å². The number of esters is 1. The number of benzene rings is 2. The SMILES string of the molecule is Cc1cc(C)c(COC(=O)c2cc(N)cc(Cl)c2)c(C)c1. The van der Waals surface area contributed by atoms with Crippen LogP contribution in [0, 0.1) is 20.8 Å². The van der Waals surface area contributed by atoms with Crippen LogP contribution < -0.4 is 5.73 Å². The Bertz CT molecular complexity index is 652. The molecule has 0 atom stereocenters. The first-order valence-electron chi connectivity index (χ1n) is 6.66. The summed E-state index contributed by atoms with van der Waals surface area (Å²) in [6, 6.07) is 8.85. The van der Waals surface area contributed by atoms with E-state index in [1.807, 2.05) is 20.8 Å². The zero-order chi connectivity index (χ0) is 15.6. The predicted octanol–water partition coefficient (Wildman–Crippen LogP) is 4.20. The molecule has 0 unspecified atom stereocenters. The Labute approximate surface area is 129 Å².